The molecule has 0 saturated heterocycles. The fraction of sp³-hybridized carbons (Fsp3) is 1.00. The zero-order chi connectivity index (χ0) is 25.4. The molecule has 0 aromatic carbocycles. The summed E-state index contributed by atoms with van der Waals surface area (Å²) in [6.07, 6.45) is 3.20. The maximum atomic E-state index is 5.97. The van der Waals surface area contributed by atoms with Crippen molar-refractivity contribution >= 4 is 0 Å². The van der Waals surface area contributed by atoms with Crippen molar-refractivity contribution < 1.29 is 18.9 Å². The zero-order valence-corrected chi connectivity index (χ0v) is 24.2. The molecule has 0 spiro atoms. The first kappa shape index (κ1) is 34.0. The highest BCUT2D eigenvalue weighted by Crippen LogP contribution is 2.26. The minimum absolute atomic E-state index is 0.112. The Morgan fingerprint density at radius 3 is 0.938 bits per heavy atom. The fourth-order valence-electron chi connectivity index (χ4n) is 3.59. The Morgan fingerprint density at radius 1 is 0.438 bits per heavy atom. The molecule has 0 bridgehead atoms. The summed E-state index contributed by atoms with van der Waals surface area (Å²) in [6, 6.07) is 0. The van der Waals surface area contributed by atoms with Gasteiger partial charge in [0.25, 0.3) is 0 Å². The van der Waals surface area contributed by atoms with Gasteiger partial charge in [-0.1, -0.05) is 41.5 Å². The molecule has 0 aromatic rings. The van der Waals surface area contributed by atoms with Crippen LogP contribution in [0, 0.1) is 23.7 Å². The van der Waals surface area contributed by atoms with Gasteiger partial charge in [-0.2, -0.15) is 0 Å². The molecule has 0 amide bonds. The van der Waals surface area contributed by atoms with E-state index >= 15 is 0 Å². The van der Waals surface area contributed by atoms with E-state index < -0.39 is 0 Å². The SMILES string of the molecule is CC(C)CC(CC(C)C)C(C)C.CC(C)OCC(OC(C)C)C(COC(C)C)OC(C)C. The van der Waals surface area contributed by atoms with Crippen LogP contribution in [-0.2, 0) is 18.9 Å². The van der Waals surface area contributed by atoms with Crippen LogP contribution in [0.5, 0.6) is 0 Å². The third kappa shape index (κ3) is 21.7. The maximum Gasteiger partial charge on any atom is 0.110 e. The number of rotatable bonds is 16. The highest BCUT2D eigenvalue weighted by atomic mass is 16.6. The van der Waals surface area contributed by atoms with E-state index in [1.807, 2.05) is 55.4 Å². The van der Waals surface area contributed by atoms with Crippen LogP contribution in [0.1, 0.15) is 110 Å². The summed E-state index contributed by atoms with van der Waals surface area (Å²) in [5.41, 5.74) is 0. The first-order chi connectivity index (χ1) is 14.6. The van der Waals surface area contributed by atoms with Gasteiger partial charge >= 0.3 is 0 Å². The Kier molecular flexibility index (Phi) is 20.4. The molecule has 0 N–H and O–H groups in total. The Balaban J connectivity index is 0. The lowest BCUT2D eigenvalue weighted by molar-refractivity contribution is -0.161. The molecule has 0 aliphatic heterocycles. The summed E-state index contributed by atoms with van der Waals surface area (Å²) in [5.74, 6) is 3.51. The van der Waals surface area contributed by atoms with Crippen molar-refractivity contribution in [3.63, 3.8) is 0 Å². The minimum atomic E-state index is -0.112. The lowest BCUT2D eigenvalue weighted by atomic mass is 9.82. The molecule has 0 saturated carbocycles. The van der Waals surface area contributed by atoms with Gasteiger partial charge in [0.1, 0.15) is 12.2 Å². The standard InChI is InChI=1S/C16H34O4.C12H26/c1-11(2)17-9-15(19-13(5)6)16(20-14(7)8)10-18-12(3)4;1-9(2)7-12(11(5)6)8-10(3)4/h11-16H,9-10H2,1-8H3;9-12H,7-8H2,1-6H3. The predicted molar refractivity (Wildman–Crippen MR) is 139 cm³/mol. The molecule has 4 nitrogen and oxygen atoms in total. The second-order valence-electron chi connectivity index (χ2n) is 11.5. The van der Waals surface area contributed by atoms with E-state index in [9.17, 15) is 0 Å². The Labute approximate surface area is 202 Å². The summed E-state index contributed by atoms with van der Waals surface area (Å²) < 4.78 is 23.4. The lowest BCUT2D eigenvalue weighted by Gasteiger charge is -2.31. The highest BCUT2D eigenvalue weighted by molar-refractivity contribution is 4.73. The van der Waals surface area contributed by atoms with Crippen LogP contribution in [0.25, 0.3) is 0 Å². The smallest absolute Gasteiger partial charge is 0.110 e. The van der Waals surface area contributed by atoms with Crippen LogP contribution in [-0.4, -0.2) is 49.8 Å². The van der Waals surface area contributed by atoms with Crippen molar-refractivity contribution in [3.05, 3.63) is 0 Å². The van der Waals surface area contributed by atoms with Crippen LogP contribution < -0.4 is 0 Å². The van der Waals surface area contributed by atoms with E-state index in [0.717, 1.165) is 23.7 Å². The highest BCUT2D eigenvalue weighted by Gasteiger charge is 2.26. The van der Waals surface area contributed by atoms with Crippen LogP contribution in [0.15, 0.2) is 0 Å². The van der Waals surface area contributed by atoms with Crippen molar-refractivity contribution in [3.8, 4) is 0 Å². The predicted octanol–water partition coefficient (Wildman–Crippen LogP) is 7.77. The summed E-state index contributed by atoms with van der Waals surface area (Å²) in [6.45, 7) is 31.3. The number of ether oxygens (including phenoxy) is 4. The van der Waals surface area contributed by atoms with E-state index in [0.29, 0.717) is 13.2 Å². The third-order valence-corrected chi connectivity index (χ3v) is 4.99. The summed E-state index contributed by atoms with van der Waals surface area (Å²) in [4.78, 5) is 0. The zero-order valence-electron chi connectivity index (χ0n) is 24.2. The van der Waals surface area contributed by atoms with Gasteiger partial charge in [-0.3, -0.25) is 0 Å². The molecule has 0 aromatic heterocycles. The number of hydrogen-bond donors (Lipinski definition) is 0. The third-order valence-electron chi connectivity index (χ3n) is 4.99. The fourth-order valence-corrected chi connectivity index (χ4v) is 3.59. The van der Waals surface area contributed by atoms with Crippen LogP contribution >= 0.6 is 0 Å². The molecule has 0 heterocycles. The van der Waals surface area contributed by atoms with Gasteiger partial charge in [-0.25, -0.2) is 0 Å². The molecule has 0 radical (unpaired) electrons. The van der Waals surface area contributed by atoms with E-state index in [4.69, 9.17) is 18.9 Å². The number of hydrogen-bond acceptors (Lipinski definition) is 4. The van der Waals surface area contributed by atoms with E-state index in [1.54, 1.807) is 0 Å². The van der Waals surface area contributed by atoms with Crippen molar-refractivity contribution in [2.24, 2.45) is 23.7 Å². The second-order valence-corrected chi connectivity index (χ2v) is 11.5. The van der Waals surface area contributed by atoms with E-state index in [1.165, 1.54) is 12.8 Å². The summed E-state index contributed by atoms with van der Waals surface area (Å²) in [5, 5.41) is 0. The molecule has 4 heteroatoms. The maximum absolute atomic E-state index is 5.97. The molecular weight excluding hydrogens is 400 g/mol. The van der Waals surface area contributed by atoms with Gasteiger partial charge < -0.3 is 18.9 Å². The van der Waals surface area contributed by atoms with E-state index in [2.05, 4.69) is 41.5 Å². The van der Waals surface area contributed by atoms with Crippen molar-refractivity contribution in [1.29, 1.82) is 0 Å². The van der Waals surface area contributed by atoms with Crippen molar-refractivity contribution in [2.75, 3.05) is 13.2 Å². The normalized spacial score (nSPS) is 14.4. The average Bonchev–Trinajstić information content (AvgIpc) is 2.60. The van der Waals surface area contributed by atoms with Crippen LogP contribution in [0.4, 0.5) is 0 Å². The second kappa shape index (κ2) is 19.2. The van der Waals surface area contributed by atoms with Crippen molar-refractivity contribution in [1.82, 2.24) is 0 Å². The van der Waals surface area contributed by atoms with Gasteiger partial charge in [-0.15, -0.1) is 0 Å². The van der Waals surface area contributed by atoms with Gasteiger partial charge in [0, 0.05) is 0 Å². The first-order valence-corrected chi connectivity index (χ1v) is 13.2. The Hall–Kier alpha value is -0.160. The van der Waals surface area contributed by atoms with Gasteiger partial charge in [-0.05, 0) is 91.9 Å². The average molecular weight is 461 g/mol. The van der Waals surface area contributed by atoms with E-state index in [-0.39, 0.29) is 36.6 Å². The minimum Gasteiger partial charge on any atom is -0.376 e. The molecule has 0 aliphatic rings. The Bertz CT molecular complexity index is 368. The lowest BCUT2D eigenvalue weighted by Crippen LogP contribution is -2.42. The van der Waals surface area contributed by atoms with Gasteiger partial charge in [0.15, 0.2) is 0 Å². The summed E-state index contributed by atoms with van der Waals surface area (Å²) in [7, 11) is 0. The van der Waals surface area contributed by atoms with Gasteiger partial charge in [0.2, 0.25) is 0 Å². The summed E-state index contributed by atoms with van der Waals surface area (Å²) >= 11 is 0. The first-order valence-electron chi connectivity index (χ1n) is 13.2. The molecule has 0 fully saturated rings. The Morgan fingerprint density at radius 2 is 0.750 bits per heavy atom. The molecule has 196 valence electrons. The quantitative estimate of drug-likeness (QED) is 0.236. The largest absolute Gasteiger partial charge is 0.376 e. The molecule has 2 atom stereocenters. The van der Waals surface area contributed by atoms with Crippen LogP contribution in [0.3, 0.4) is 0 Å². The van der Waals surface area contributed by atoms with Crippen LogP contribution in [0.2, 0.25) is 0 Å². The molecule has 0 rings (SSSR count). The van der Waals surface area contributed by atoms with Gasteiger partial charge in [0.05, 0.1) is 37.6 Å². The monoisotopic (exact) mass is 460 g/mol. The molecular formula is C28H60O4. The van der Waals surface area contributed by atoms with Crippen molar-refractivity contribution in [2.45, 2.75) is 146 Å². The molecule has 2 unspecified atom stereocenters. The topological polar surface area (TPSA) is 36.9 Å². The molecule has 0 aliphatic carbocycles. The molecule has 32 heavy (non-hydrogen) atoms.